The smallest absolute Gasteiger partial charge is 0.243 e. The fourth-order valence-electron chi connectivity index (χ4n) is 4.21. The molecule has 0 N–H and O–H groups in total. The van der Waals surface area contributed by atoms with Gasteiger partial charge in [-0.2, -0.15) is 4.31 Å². The summed E-state index contributed by atoms with van der Waals surface area (Å²) in [7, 11) is -3.61. The van der Waals surface area contributed by atoms with Gasteiger partial charge in [0.2, 0.25) is 15.9 Å². The molecule has 0 unspecified atom stereocenters. The van der Waals surface area contributed by atoms with Crippen molar-refractivity contribution in [2.24, 2.45) is 0 Å². The van der Waals surface area contributed by atoms with Crippen LogP contribution in [0.15, 0.2) is 35.4 Å². The third kappa shape index (κ3) is 4.15. The minimum atomic E-state index is -3.61. The Morgan fingerprint density at radius 2 is 1.72 bits per heavy atom. The standard InChI is InChI=1S/C21H28N4O3S/c1-17-7-8-19(18-6-5-9-22-21(17)18)29(27,28)25-14-12-23(13-15-25)16-20(26)24-10-3-2-4-11-24/h5-9H,2-4,10-16H2,1H3. The van der Waals surface area contributed by atoms with Gasteiger partial charge in [0.25, 0.3) is 0 Å². The quantitative estimate of drug-likeness (QED) is 0.761. The van der Waals surface area contributed by atoms with Crippen LogP contribution in [0.4, 0.5) is 0 Å². The predicted molar refractivity (Wildman–Crippen MR) is 112 cm³/mol. The second-order valence-corrected chi connectivity index (χ2v) is 9.81. The molecule has 8 heteroatoms. The second-order valence-electron chi connectivity index (χ2n) is 7.90. The zero-order valence-corrected chi connectivity index (χ0v) is 17.7. The Bertz CT molecular complexity index is 994. The summed E-state index contributed by atoms with van der Waals surface area (Å²) >= 11 is 0. The maximum absolute atomic E-state index is 13.3. The van der Waals surface area contributed by atoms with E-state index in [9.17, 15) is 13.2 Å². The van der Waals surface area contributed by atoms with Crippen LogP contribution in [0.25, 0.3) is 10.9 Å². The number of rotatable bonds is 4. The maximum Gasteiger partial charge on any atom is 0.243 e. The lowest BCUT2D eigenvalue weighted by Crippen LogP contribution is -2.51. The molecule has 1 aromatic carbocycles. The molecule has 1 amide bonds. The highest BCUT2D eigenvalue weighted by atomic mass is 32.2. The number of carbonyl (C=O) groups is 1. The van der Waals surface area contributed by atoms with Crippen molar-refractivity contribution in [1.29, 1.82) is 0 Å². The molecule has 2 aliphatic heterocycles. The van der Waals surface area contributed by atoms with E-state index in [0.29, 0.717) is 43.0 Å². The van der Waals surface area contributed by atoms with Crippen molar-refractivity contribution < 1.29 is 13.2 Å². The highest BCUT2D eigenvalue weighted by Gasteiger charge is 2.31. The number of hydrogen-bond acceptors (Lipinski definition) is 5. The number of piperazine rings is 1. The number of pyridine rings is 1. The van der Waals surface area contributed by atoms with E-state index in [2.05, 4.69) is 9.88 Å². The number of benzene rings is 1. The molecular weight excluding hydrogens is 388 g/mol. The average molecular weight is 417 g/mol. The molecule has 0 spiro atoms. The van der Waals surface area contributed by atoms with E-state index in [1.54, 1.807) is 18.3 Å². The summed E-state index contributed by atoms with van der Waals surface area (Å²) in [5.74, 6) is 0.164. The van der Waals surface area contributed by atoms with Gasteiger partial charge in [-0.25, -0.2) is 8.42 Å². The zero-order chi connectivity index (χ0) is 20.4. The summed E-state index contributed by atoms with van der Waals surface area (Å²) in [5.41, 5.74) is 1.68. The normalized spacial score (nSPS) is 19.6. The first-order valence-corrected chi connectivity index (χ1v) is 11.8. The van der Waals surface area contributed by atoms with Gasteiger partial charge in [-0.3, -0.25) is 14.7 Å². The Balaban J connectivity index is 1.44. The van der Waals surface area contributed by atoms with Crippen LogP contribution in [0.2, 0.25) is 0 Å². The van der Waals surface area contributed by atoms with Crippen molar-refractivity contribution in [3.63, 3.8) is 0 Å². The molecule has 0 bridgehead atoms. The molecule has 0 saturated carbocycles. The molecule has 29 heavy (non-hydrogen) atoms. The van der Waals surface area contributed by atoms with Gasteiger partial charge in [-0.1, -0.05) is 6.07 Å². The number of sulfonamides is 1. The van der Waals surface area contributed by atoms with Gasteiger partial charge >= 0.3 is 0 Å². The summed E-state index contributed by atoms with van der Waals surface area (Å²) in [6, 6.07) is 7.08. The topological polar surface area (TPSA) is 73.8 Å². The van der Waals surface area contributed by atoms with Gasteiger partial charge < -0.3 is 4.90 Å². The van der Waals surface area contributed by atoms with Crippen LogP contribution in [-0.2, 0) is 14.8 Å². The number of aryl methyl sites for hydroxylation is 1. The first kappa shape index (κ1) is 20.3. The van der Waals surface area contributed by atoms with E-state index in [4.69, 9.17) is 0 Å². The molecule has 156 valence electrons. The molecule has 1 aromatic heterocycles. The SMILES string of the molecule is Cc1ccc(S(=O)(=O)N2CCN(CC(=O)N3CCCCC3)CC2)c2cccnc12. The van der Waals surface area contributed by atoms with E-state index >= 15 is 0 Å². The molecule has 2 fully saturated rings. The molecular formula is C21H28N4O3S. The van der Waals surface area contributed by atoms with Crippen molar-refractivity contribution in [2.45, 2.75) is 31.1 Å². The van der Waals surface area contributed by atoms with Gasteiger partial charge in [0.15, 0.2) is 0 Å². The summed E-state index contributed by atoms with van der Waals surface area (Å²) in [6.45, 7) is 5.94. The largest absolute Gasteiger partial charge is 0.342 e. The van der Waals surface area contributed by atoms with Crippen LogP contribution < -0.4 is 0 Å². The number of aromatic nitrogens is 1. The van der Waals surface area contributed by atoms with Crippen molar-refractivity contribution in [1.82, 2.24) is 19.1 Å². The van der Waals surface area contributed by atoms with E-state index in [0.717, 1.165) is 37.0 Å². The number of carbonyl (C=O) groups excluding carboxylic acids is 1. The van der Waals surface area contributed by atoms with E-state index in [1.807, 2.05) is 24.0 Å². The number of amides is 1. The molecule has 2 aromatic rings. The first-order chi connectivity index (χ1) is 14.0. The first-order valence-electron chi connectivity index (χ1n) is 10.3. The Morgan fingerprint density at radius 1 is 1.00 bits per heavy atom. The Labute approximate surface area is 172 Å². The Kier molecular flexibility index (Phi) is 5.85. The number of likely N-dealkylation sites (tertiary alicyclic amines) is 1. The van der Waals surface area contributed by atoms with Crippen molar-refractivity contribution in [2.75, 3.05) is 45.8 Å². The van der Waals surface area contributed by atoms with Crippen LogP contribution in [0.1, 0.15) is 24.8 Å². The Morgan fingerprint density at radius 3 is 2.45 bits per heavy atom. The lowest BCUT2D eigenvalue weighted by molar-refractivity contribution is -0.133. The number of fused-ring (bicyclic) bond motifs is 1. The monoisotopic (exact) mass is 416 g/mol. The van der Waals surface area contributed by atoms with Gasteiger partial charge in [-0.15, -0.1) is 0 Å². The maximum atomic E-state index is 13.3. The molecule has 2 saturated heterocycles. The van der Waals surface area contributed by atoms with Gasteiger partial charge in [0.05, 0.1) is 17.0 Å². The van der Waals surface area contributed by atoms with E-state index < -0.39 is 10.0 Å². The lowest BCUT2D eigenvalue weighted by atomic mass is 10.1. The van der Waals surface area contributed by atoms with E-state index in [1.165, 1.54) is 10.7 Å². The summed E-state index contributed by atoms with van der Waals surface area (Å²) < 4.78 is 28.1. The fourth-order valence-corrected chi connectivity index (χ4v) is 5.82. The van der Waals surface area contributed by atoms with E-state index in [-0.39, 0.29) is 5.91 Å². The lowest BCUT2D eigenvalue weighted by Gasteiger charge is -2.35. The molecule has 7 nitrogen and oxygen atoms in total. The average Bonchev–Trinajstić information content (AvgIpc) is 2.75. The molecule has 3 heterocycles. The predicted octanol–water partition coefficient (Wildman–Crippen LogP) is 1.86. The second kappa shape index (κ2) is 8.38. The van der Waals surface area contributed by atoms with Crippen molar-refractivity contribution >= 4 is 26.8 Å². The number of hydrogen-bond donors (Lipinski definition) is 0. The molecule has 4 rings (SSSR count). The van der Waals surface area contributed by atoms with Gasteiger partial charge in [-0.05, 0) is 49.9 Å². The third-order valence-electron chi connectivity index (χ3n) is 5.95. The highest BCUT2D eigenvalue weighted by molar-refractivity contribution is 7.89. The summed E-state index contributed by atoms with van der Waals surface area (Å²) in [4.78, 5) is 21.2. The molecule has 0 atom stereocenters. The summed E-state index contributed by atoms with van der Waals surface area (Å²) in [6.07, 6.45) is 5.04. The van der Waals surface area contributed by atoms with Crippen LogP contribution in [0.3, 0.4) is 0 Å². The zero-order valence-electron chi connectivity index (χ0n) is 16.9. The van der Waals surface area contributed by atoms with Gasteiger partial charge in [0.1, 0.15) is 0 Å². The van der Waals surface area contributed by atoms with Crippen LogP contribution >= 0.6 is 0 Å². The van der Waals surface area contributed by atoms with Crippen LogP contribution in [0.5, 0.6) is 0 Å². The van der Waals surface area contributed by atoms with Gasteiger partial charge in [0, 0.05) is 50.9 Å². The van der Waals surface area contributed by atoms with Crippen LogP contribution in [0, 0.1) is 6.92 Å². The van der Waals surface area contributed by atoms with Crippen molar-refractivity contribution in [3.05, 3.63) is 36.0 Å². The fraction of sp³-hybridized carbons (Fsp3) is 0.524. The minimum absolute atomic E-state index is 0.164. The van der Waals surface area contributed by atoms with Crippen LogP contribution in [-0.4, -0.2) is 79.2 Å². The van der Waals surface area contributed by atoms with Crippen molar-refractivity contribution in [3.8, 4) is 0 Å². The molecule has 0 aliphatic carbocycles. The third-order valence-corrected chi connectivity index (χ3v) is 7.90. The molecule has 0 radical (unpaired) electrons. The Hall–Kier alpha value is -2.03. The molecule has 2 aliphatic rings. The highest BCUT2D eigenvalue weighted by Crippen LogP contribution is 2.27. The minimum Gasteiger partial charge on any atom is -0.342 e. The number of nitrogens with zero attached hydrogens (tertiary/aromatic N) is 4. The summed E-state index contributed by atoms with van der Waals surface area (Å²) in [5, 5.41) is 0.662. The number of piperidine rings is 1.